The van der Waals surface area contributed by atoms with E-state index in [1.165, 1.54) is 10.0 Å². The van der Waals surface area contributed by atoms with Crippen LogP contribution < -0.4 is 5.32 Å². The van der Waals surface area contributed by atoms with E-state index in [9.17, 15) is 8.42 Å². The van der Waals surface area contributed by atoms with E-state index in [0.29, 0.717) is 18.5 Å². The molecule has 1 aliphatic rings. The minimum absolute atomic E-state index is 0.236. The van der Waals surface area contributed by atoms with Gasteiger partial charge in [-0.2, -0.15) is 0 Å². The molecule has 0 atom stereocenters. The third-order valence-corrected chi connectivity index (χ3v) is 7.11. The molecule has 0 amide bonds. The summed E-state index contributed by atoms with van der Waals surface area (Å²) < 4.78 is 25.2. The molecule has 0 aromatic heterocycles. The summed E-state index contributed by atoms with van der Waals surface area (Å²) in [5.41, 5.74) is 2.31. The lowest BCUT2D eigenvalue weighted by atomic mass is 9.76. The quantitative estimate of drug-likeness (QED) is 0.716. The molecule has 0 aliphatic heterocycles. The highest BCUT2D eigenvalue weighted by molar-refractivity contribution is 9.10. The van der Waals surface area contributed by atoms with Crippen molar-refractivity contribution in [2.24, 2.45) is 0 Å². The number of aliphatic hydroxyl groups is 1. The first-order valence-electron chi connectivity index (χ1n) is 8.40. The van der Waals surface area contributed by atoms with Gasteiger partial charge in [0.25, 0.3) is 0 Å². The molecule has 4 nitrogen and oxygen atoms in total. The molecule has 2 aromatic rings. The van der Waals surface area contributed by atoms with E-state index < -0.39 is 9.84 Å². The zero-order valence-corrected chi connectivity index (χ0v) is 16.3. The molecule has 134 valence electrons. The Morgan fingerprint density at radius 3 is 2.60 bits per heavy atom. The molecular formula is C19H22BrNO3S. The van der Waals surface area contributed by atoms with E-state index in [-0.39, 0.29) is 17.3 Å². The maximum absolute atomic E-state index is 12.0. The van der Waals surface area contributed by atoms with Crippen LogP contribution in [0.3, 0.4) is 0 Å². The van der Waals surface area contributed by atoms with Crippen molar-refractivity contribution in [2.75, 3.05) is 12.4 Å². The van der Waals surface area contributed by atoms with Crippen molar-refractivity contribution in [2.45, 2.75) is 36.2 Å². The Morgan fingerprint density at radius 2 is 1.88 bits per heavy atom. The van der Waals surface area contributed by atoms with Crippen LogP contribution in [0, 0.1) is 0 Å². The van der Waals surface area contributed by atoms with Crippen molar-refractivity contribution < 1.29 is 13.5 Å². The Labute approximate surface area is 157 Å². The van der Waals surface area contributed by atoms with Gasteiger partial charge in [0, 0.05) is 17.1 Å². The summed E-state index contributed by atoms with van der Waals surface area (Å²) in [7, 11) is -3.40. The van der Waals surface area contributed by atoms with Crippen LogP contribution in [0.25, 0.3) is 0 Å². The first kappa shape index (κ1) is 18.6. The number of rotatable bonds is 7. The summed E-state index contributed by atoms with van der Waals surface area (Å²) in [4.78, 5) is 0.278. The van der Waals surface area contributed by atoms with E-state index in [0.717, 1.165) is 18.4 Å². The molecule has 0 saturated heterocycles. The summed E-state index contributed by atoms with van der Waals surface area (Å²) in [6.45, 7) is 0.291. The molecular weight excluding hydrogens is 402 g/mol. The standard InChI is InChI=1S/C19H22BrNO3S/c20-19-7-2-1-6-18(19)15-11-16(12-15)21-13-14-4-3-5-17(10-14)25(23,24)9-8-22/h1-7,10,15-16,21-22H,8-9,11-13H2. The molecule has 2 aromatic carbocycles. The number of halogens is 1. The average Bonchev–Trinajstić information content (AvgIpc) is 2.55. The number of hydrogen-bond acceptors (Lipinski definition) is 4. The SMILES string of the molecule is O=S(=O)(CCO)c1cccc(CNC2CC(c3ccccc3Br)C2)c1. The molecule has 0 unspecified atom stereocenters. The lowest BCUT2D eigenvalue weighted by Crippen LogP contribution is -2.39. The van der Waals surface area contributed by atoms with Crippen LogP contribution in [0.2, 0.25) is 0 Å². The second-order valence-electron chi connectivity index (χ2n) is 6.46. The second kappa shape index (κ2) is 7.99. The minimum atomic E-state index is -3.40. The van der Waals surface area contributed by atoms with Gasteiger partial charge < -0.3 is 10.4 Å². The zero-order chi connectivity index (χ0) is 17.9. The van der Waals surface area contributed by atoms with Crippen molar-refractivity contribution in [3.63, 3.8) is 0 Å². The molecule has 0 heterocycles. The van der Waals surface area contributed by atoms with E-state index in [2.05, 4.69) is 39.4 Å². The van der Waals surface area contributed by atoms with Crippen LogP contribution in [0.15, 0.2) is 57.9 Å². The smallest absolute Gasteiger partial charge is 0.180 e. The van der Waals surface area contributed by atoms with Crippen LogP contribution in [-0.2, 0) is 16.4 Å². The second-order valence-corrected chi connectivity index (χ2v) is 9.42. The Hall–Kier alpha value is -1.21. The normalized spacial score (nSPS) is 20.2. The lowest BCUT2D eigenvalue weighted by molar-refractivity contribution is 0.289. The first-order valence-corrected chi connectivity index (χ1v) is 10.8. The average molecular weight is 424 g/mol. The minimum Gasteiger partial charge on any atom is -0.395 e. The van der Waals surface area contributed by atoms with Crippen LogP contribution in [0.4, 0.5) is 0 Å². The molecule has 2 N–H and O–H groups in total. The monoisotopic (exact) mass is 423 g/mol. The fourth-order valence-electron chi connectivity index (χ4n) is 3.19. The van der Waals surface area contributed by atoms with Crippen molar-refractivity contribution >= 4 is 25.8 Å². The van der Waals surface area contributed by atoms with Crippen LogP contribution in [-0.4, -0.2) is 31.9 Å². The number of nitrogens with one attached hydrogen (secondary N) is 1. The fraction of sp³-hybridized carbons (Fsp3) is 0.368. The van der Waals surface area contributed by atoms with E-state index in [4.69, 9.17) is 5.11 Å². The van der Waals surface area contributed by atoms with Gasteiger partial charge in [-0.25, -0.2) is 8.42 Å². The summed E-state index contributed by atoms with van der Waals surface area (Å²) in [5, 5.41) is 12.4. The van der Waals surface area contributed by atoms with Crippen LogP contribution in [0.5, 0.6) is 0 Å². The summed E-state index contributed by atoms with van der Waals surface area (Å²) in [6, 6.07) is 15.8. The molecule has 3 rings (SSSR count). The Balaban J connectivity index is 1.55. The molecule has 0 radical (unpaired) electrons. The largest absolute Gasteiger partial charge is 0.395 e. The molecule has 0 bridgehead atoms. The third-order valence-electron chi connectivity index (χ3n) is 4.70. The summed E-state index contributed by atoms with van der Waals surface area (Å²) >= 11 is 3.61. The van der Waals surface area contributed by atoms with E-state index in [1.54, 1.807) is 18.2 Å². The highest BCUT2D eigenvalue weighted by Gasteiger charge is 2.30. The highest BCUT2D eigenvalue weighted by Crippen LogP contribution is 2.40. The topological polar surface area (TPSA) is 66.4 Å². The maximum Gasteiger partial charge on any atom is 0.180 e. The van der Waals surface area contributed by atoms with Gasteiger partial charge in [0.2, 0.25) is 0 Å². The number of aliphatic hydroxyl groups excluding tert-OH is 1. The molecule has 1 aliphatic carbocycles. The van der Waals surface area contributed by atoms with Crippen molar-refractivity contribution in [3.05, 3.63) is 64.1 Å². The van der Waals surface area contributed by atoms with Gasteiger partial charge in [-0.1, -0.05) is 46.3 Å². The summed E-state index contributed by atoms with van der Waals surface area (Å²) in [6.07, 6.45) is 2.18. The Kier molecular flexibility index (Phi) is 5.94. The van der Waals surface area contributed by atoms with E-state index in [1.807, 2.05) is 12.1 Å². The first-order chi connectivity index (χ1) is 12.0. The summed E-state index contributed by atoms with van der Waals surface area (Å²) in [5.74, 6) is 0.337. The highest BCUT2D eigenvalue weighted by atomic mass is 79.9. The van der Waals surface area contributed by atoms with Gasteiger partial charge in [-0.05, 0) is 48.1 Å². The number of hydrogen-bond donors (Lipinski definition) is 2. The van der Waals surface area contributed by atoms with Gasteiger partial charge in [0.05, 0.1) is 17.3 Å². The third kappa shape index (κ3) is 4.50. The van der Waals surface area contributed by atoms with Gasteiger partial charge >= 0.3 is 0 Å². The van der Waals surface area contributed by atoms with E-state index >= 15 is 0 Å². The Morgan fingerprint density at radius 1 is 1.12 bits per heavy atom. The van der Waals surface area contributed by atoms with Crippen LogP contribution in [0.1, 0.15) is 29.9 Å². The van der Waals surface area contributed by atoms with Gasteiger partial charge in [-0.15, -0.1) is 0 Å². The van der Waals surface area contributed by atoms with Crippen molar-refractivity contribution in [1.82, 2.24) is 5.32 Å². The van der Waals surface area contributed by atoms with Gasteiger partial charge in [-0.3, -0.25) is 0 Å². The van der Waals surface area contributed by atoms with Crippen LogP contribution >= 0.6 is 15.9 Å². The van der Waals surface area contributed by atoms with Crippen molar-refractivity contribution in [3.8, 4) is 0 Å². The van der Waals surface area contributed by atoms with Gasteiger partial charge in [0.1, 0.15) is 0 Å². The zero-order valence-electron chi connectivity index (χ0n) is 13.9. The molecule has 25 heavy (non-hydrogen) atoms. The van der Waals surface area contributed by atoms with Crippen molar-refractivity contribution in [1.29, 1.82) is 0 Å². The number of benzene rings is 2. The lowest BCUT2D eigenvalue weighted by Gasteiger charge is -2.37. The predicted molar refractivity (Wildman–Crippen MR) is 102 cm³/mol. The molecule has 6 heteroatoms. The molecule has 1 saturated carbocycles. The maximum atomic E-state index is 12.0. The Bertz CT molecular complexity index is 832. The predicted octanol–water partition coefficient (Wildman–Crippen LogP) is 3.25. The molecule has 0 spiro atoms. The number of sulfone groups is 1. The van der Waals surface area contributed by atoms with Gasteiger partial charge in [0.15, 0.2) is 9.84 Å². The molecule has 1 fully saturated rings. The fourth-order valence-corrected chi connectivity index (χ4v) is 4.90.